The van der Waals surface area contributed by atoms with Crippen LogP contribution in [0.5, 0.6) is 5.75 Å². The lowest BCUT2D eigenvalue weighted by Crippen LogP contribution is -2.28. The predicted molar refractivity (Wildman–Crippen MR) is 79.0 cm³/mol. The van der Waals surface area contributed by atoms with Gasteiger partial charge in [-0.1, -0.05) is 26.0 Å². The standard InChI is InChI=1S/C17H25NO/c1-12(2)15-10-13(4-7-16(15)19-3)17(8-9-17)11-18-14-5-6-14/h4,7,10,12,14,18H,5-6,8-9,11H2,1-3H3. The van der Waals surface area contributed by atoms with E-state index in [4.69, 9.17) is 4.74 Å². The van der Waals surface area contributed by atoms with Crippen molar-refractivity contribution in [1.29, 1.82) is 0 Å². The van der Waals surface area contributed by atoms with Crippen molar-refractivity contribution in [2.24, 2.45) is 0 Å². The number of nitrogens with one attached hydrogen (secondary N) is 1. The van der Waals surface area contributed by atoms with Gasteiger partial charge in [0.1, 0.15) is 5.75 Å². The Morgan fingerprint density at radius 1 is 1.32 bits per heavy atom. The van der Waals surface area contributed by atoms with Crippen LogP contribution in [0.2, 0.25) is 0 Å². The molecule has 0 spiro atoms. The van der Waals surface area contributed by atoms with E-state index >= 15 is 0 Å². The maximum absolute atomic E-state index is 5.49. The summed E-state index contributed by atoms with van der Waals surface area (Å²) in [5.41, 5.74) is 3.27. The van der Waals surface area contributed by atoms with E-state index in [1.165, 1.54) is 36.8 Å². The molecule has 2 nitrogen and oxygen atoms in total. The van der Waals surface area contributed by atoms with Crippen molar-refractivity contribution < 1.29 is 4.74 Å². The summed E-state index contributed by atoms with van der Waals surface area (Å²) in [7, 11) is 1.77. The van der Waals surface area contributed by atoms with Gasteiger partial charge >= 0.3 is 0 Å². The first-order valence-electron chi connectivity index (χ1n) is 7.56. The molecule has 2 aliphatic rings. The van der Waals surface area contributed by atoms with E-state index in [0.29, 0.717) is 11.3 Å². The average molecular weight is 259 g/mol. The fourth-order valence-electron chi connectivity index (χ4n) is 2.86. The number of benzene rings is 1. The molecule has 1 aromatic carbocycles. The van der Waals surface area contributed by atoms with Crippen molar-refractivity contribution in [1.82, 2.24) is 5.32 Å². The lowest BCUT2D eigenvalue weighted by molar-refractivity contribution is 0.407. The Morgan fingerprint density at radius 2 is 2.05 bits per heavy atom. The Balaban J connectivity index is 1.81. The molecule has 3 rings (SSSR count). The molecule has 2 heteroatoms. The molecule has 0 aliphatic heterocycles. The third-order valence-corrected chi connectivity index (χ3v) is 4.62. The van der Waals surface area contributed by atoms with Gasteiger partial charge in [-0.05, 0) is 48.8 Å². The molecular weight excluding hydrogens is 234 g/mol. The van der Waals surface area contributed by atoms with Gasteiger partial charge in [-0.15, -0.1) is 0 Å². The molecule has 0 amide bonds. The van der Waals surface area contributed by atoms with Crippen molar-refractivity contribution in [2.75, 3.05) is 13.7 Å². The van der Waals surface area contributed by atoms with Gasteiger partial charge in [-0.25, -0.2) is 0 Å². The molecule has 1 aromatic rings. The Morgan fingerprint density at radius 3 is 2.58 bits per heavy atom. The lowest BCUT2D eigenvalue weighted by Gasteiger charge is -2.20. The Hall–Kier alpha value is -1.02. The van der Waals surface area contributed by atoms with Crippen molar-refractivity contribution in [3.63, 3.8) is 0 Å². The molecule has 1 N–H and O–H groups in total. The van der Waals surface area contributed by atoms with Gasteiger partial charge in [0.2, 0.25) is 0 Å². The fraction of sp³-hybridized carbons (Fsp3) is 0.647. The van der Waals surface area contributed by atoms with Crippen molar-refractivity contribution in [3.05, 3.63) is 29.3 Å². The third-order valence-electron chi connectivity index (χ3n) is 4.62. The zero-order valence-electron chi connectivity index (χ0n) is 12.3. The topological polar surface area (TPSA) is 21.3 Å². The molecule has 0 heterocycles. The zero-order valence-corrected chi connectivity index (χ0v) is 12.3. The van der Waals surface area contributed by atoms with Gasteiger partial charge in [0.15, 0.2) is 0 Å². The Labute approximate surface area is 116 Å². The first kappa shape index (κ1) is 13.0. The Kier molecular flexibility index (Phi) is 3.30. The number of hydrogen-bond donors (Lipinski definition) is 1. The van der Waals surface area contributed by atoms with Gasteiger partial charge in [0, 0.05) is 18.0 Å². The van der Waals surface area contributed by atoms with Gasteiger partial charge in [-0.2, -0.15) is 0 Å². The molecule has 0 saturated heterocycles. The number of rotatable bonds is 6. The molecule has 2 saturated carbocycles. The van der Waals surface area contributed by atoms with Crippen LogP contribution in [0.4, 0.5) is 0 Å². The molecular formula is C17H25NO. The van der Waals surface area contributed by atoms with Crippen molar-refractivity contribution >= 4 is 0 Å². The summed E-state index contributed by atoms with van der Waals surface area (Å²) in [6.07, 6.45) is 5.40. The number of hydrogen-bond acceptors (Lipinski definition) is 2. The lowest BCUT2D eigenvalue weighted by atomic mass is 9.91. The molecule has 2 fully saturated rings. The SMILES string of the molecule is COc1ccc(C2(CNC3CC3)CC2)cc1C(C)C. The fourth-order valence-corrected chi connectivity index (χ4v) is 2.86. The average Bonchev–Trinajstić information content (AvgIpc) is 3.29. The van der Waals surface area contributed by atoms with Gasteiger partial charge in [-0.3, -0.25) is 0 Å². The third kappa shape index (κ3) is 2.64. The summed E-state index contributed by atoms with van der Waals surface area (Å²) in [6, 6.07) is 7.61. The maximum Gasteiger partial charge on any atom is 0.122 e. The summed E-state index contributed by atoms with van der Waals surface area (Å²) in [4.78, 5) is 0. The van der Waals surface area contributed by atoms with Crippen LogP contribution in [0.15, 0.2) is 18.2 Å². The van der Waals surface area contributed by atoms with Crippen LogP contribution < -0.4 is 10.1 Å². The summed E-state index contributed by atoms with van der Waals surface area (Å²) in [5.74, 6) is 1.55. The molecule has 0 bridgehead atoms. The van der Waals surface area contributed by atoms with Crippen molar-refractivity contribution in [2.45, 2.75) is 56.9 Å². The molecule has 0 aromatic heterocycles. The molecule has 0 radical (unpaired) electrons. The second-order valence-corrected chi connectivity index (χ2v) is 6.55. The minimum Gasteiger partial charge on any atom is -0.496 e. The molecule has 19 heavy (non-hydrogen) atoms. The minimum atomic E-state index is 0.415. The number of methoxy groups -OCH3 is 1. The summed E-state index contributed by atoms with van der Waals surface area (Å²) in [6.45, 7) is 5.63. The van der Waals surface area contributed by atoms with E-state index in [0.717, 1.165) is 18.3 Å². The van der Waals surface area contributed by atoms with E-state index < -0.39 is 0 Å². The van der Waals surface area contributed by atoms with Crippen LogP contribution in [-0.4, -0.2) is 19.7 Å². The molecule has 104 valence electrons. The van der Waals surface area contributed by atoms with Gasteiger partial charge < -0.3 is 10.1 Å². The second-order valence-electron chi connectivity index (χ2n) is 6.55. The normalized spacial score (nSPS) is 20.6. The first-order chi connectivity index (χ1) is 9.14. The van der Waals surface area contributed by atoms with Crippen LogP contribution in [0.25, 0.3) is 0 Å². The molecule has 0 atom stereocenters. The Bertz CT molecular complexity index is 458. The van der Waals surface area contributed by atoms with Crippen LogP contribution >= 0.6 is 0 Å². The van der Waals surface area contributed by atoms with E-state index in [1.54, 1.807) is 7.11 Å². The highest BCUT2D eigenvalue weighted by Crippen LogP contribution is 2.49. The molecule has 0 unspecified atom stereocenters. The van der Waals surface area contributed by atoms with Crippen LogP contribution in [-0.2, 0) is 5.41 Å². The van der Waals surface area contributed by atoms with E-state index in [2.05, 4.69) is 37.4 Å². The first-order valence-corrected chi connectivity index (χ1v) is 7.56. The predicted octanol–water partition coefficient (Wildman–Crippen LogP) is 3.60. The number of ether oxygens (including phenoxy) is 1. The smallest absolute Gasteiger partial charge is 0.122 e. The zero-order chi connectivity index (χ0) is 13.5. The monoisotopic (exact) mass is 259 g/mol. The summed E-state index contributed by atoms with van der Waals surface area (Å²) in [5, 5.41) is 3.70. The summed E-state index contributed by atoms with van der Waals surface area (Å²) >= 11 is 0. The second kappa shape index (κ2) is 4.82. The largest absolute Gasteiger partial charge is 0.496 e. The van der Waals surface area contributed by atoms with E-state index in [9.17, 15) is 0 Å². The highest BCUT2D eigenvalue weighted by atomic mass is 16.5. The maximum atomic E-state index is 5.49. The summed E-state index contributed by atoms with van der Waals surface area (Å²) < 4.78 is 5.49. The highest BCUT2D eigenvalue weighted by molar-refractivity contribution is 5.44. The van der Waals surface area contributed by atoms with Gasteiger partial charge in [0.25, 0.3) is 0 Å². The van der Waals surface area contributed by atoms with Crippen LogP contribution in [0.1, 0.15) is 56.6 Å². The van der Waals surface area contributed by atoms with Crippen LogP contribution in [0, 0.1) is 0 Å². The quantitative estimate of drug-likeness (QED) is 0.842. The van der Waals surface area contributed by atoms with Crippen molar-refractivity contribution in [3.8, 4) is 5.75 Å². The van der Waals surface area contributed by atoms with Crippen LogP contribution in [0.3, 0.4) is 0 Å². The highest BCUT2D eigenvalue weighted by Gasteiger charge is 2.45. The van der Waals surface area contributed by atoms with E-state index in [1.807, 2.05) is 0 Å². The minimum absolute atomic E-state index is 0.415. The van der Waals surface area contributed by atoms with Gasteiger partial charge in [0.05, 0.1) is 7.11 Å². The molecule has 2 aliphatic carbocycles. The van der Waals surface area contributed by atoms with E-state index in [-0.39, 0.29) is 0 Å².